The van der Waals surface area contributed by atoms with Crippen molar-refractivity contribution in [2.24, 2.45) is 11.5 Å². The lowest BCUT2D eigenvalue weighted by Crippen LogP contribution is -2.37. The normalized spacial score (nSPS) is 11.6. The van der Waals surface area contributed by atoms with Crippen LogP contribution in [-0.4, -0.2) is 27.2 Å². The molecule has 0 aliphatic heterocycles. The van der Waals surface area contributed by atoms with Crippen LogP contribution < -0.4 is 22.1 Å². The number of amides is 2. The second-order valence-corrected chi connectivity index (χ2v) is 8.75. The molecule has 0 saturated carbocycles. The SMILES string of the molecule is Cc1cc(Nc2cc(N[C@H](Cc3ccc(-c4cccnc4)cc3)C(N)=O)c(F)cc2C(N)=O)sn1. The molecule has 2 aromatic carbocycles. The Kier molecular flexibility index (Phi) is 7.02. The van der Waals surface area contributed by atoms with Crippen LogP contribution in [0.5, 0.6) is 0 Å². The lowest BCUT2D eigenvalue weighted by molar-refractivity contribution is -0.118. The van der Waals surface area contributed by atoms with Gasteiger partial charge in [0.25, 0.3) is 5.91 Å². The minimum absolute atomic E-state index is 0.00881. The van der Waals surface area contributed by atoms with Gasteiger partial charge in [0.2, 0.25) is 5.91 Å². The summed E-state index contributed by atoms with van der Waals surface area (Å²) in [5.74, 6) is -2.17. The van der Waals surface area contributed by atoms with E-state index in [1.54, 1.807) is 18.5 Å². The zero-order valence-corrected chi connectivity index (χ0v) is 19.6. The molecule has 0 spiro atoms. The number of hydrogen-bond donors (Lipinski definition) is 4. The molecule has 0 bridgehead atoms. The van der Waals surface area contributed by atoms with Crippen molar-refractivity contribution >= 4 is 39.7 Å². The third-order valence-electron chi connectivity index (χ3n) is 5.32. The smallest absolute Gasteiger partial charge is 0.250 e. The van der Waals surface area contributed by atoms with Gasteiger partial charge in [0.15, 0.2) is 0 Å². The number of hydrogen-bond acceptors (Lipinski definition) is 7. The van der Waals surface area contributed by atoms with Gasteiger partial charge in [0.05, 0.1) is 22.6 Å². The number of carbonyl (C=O) groups excluding carboxylic acids is 2. The lowest BCUT2D eigenvalue weighted by Gasteiger charge is -2.19. The van der Waals surface area contributed by atoms with E-state index in [-0.39, 0.29) is 23.4 Å². The molecule has 8 nitrogen and oxygen atoms in total. The minimum Gasteiger partial charge on any atom is -0.371 e. The molecule has 4 aromatic rings. The van der Waals surface area contributed by atoms with Crippen LogP contribution in [0.2, 0.25) is 0 Å². The summed E-state index contributed by atoms with van der Waals surface area (Å²) in [5.41, 5.74) is 14.9. The molecule has 4 rings (SSSR count). The highest BCUT2D eigenvalue weighted by Gasteiger charge is 2.21. The zero-order valence-electron chi connectivity index (χ0n) is 18.8. The summed E-state index contributed by atoms with van der Waals surface area (Å²) < 4.78 is 19.1. The maximum Gasteiger partial charge on any atom is 0.250 e. The van der Waals surface area contributed by atoms with E-state index in [4.69, 9.17) is 11.5 Å². The van der Waals surface area contributed by atoms with Gasteiger partial charge in [-0.1, -0.05) is 30.3 Å². The Morgan fingerprint density at radius 3 is 2.43 bits per heavy atom. The first-order chi connectivity index (χ1) is 16.8. The topological polar surface area (TPSA) is 136 Å². The van der Waals surface area contributed by atoms with Crippen LogP contribution in [0.1, 0.15) is 21.6 Å². The average Bonchev–Trinajstić information content (AvgIpc) is 3.25. The van der Waals surface area contributed by atoms with Crippen molar-refractivity contribution in [3.05, 3.63) is 89.6 Å². The first-order valence-electron chi connectivity index (χ1n) is 10.7. The van der Waals surface area contributed by atoms with Gasteiger partial charge >= 0.3 is 0 Å². The van der Waals surface area contributed by atoms with Crippen molar-refractivity contribution in [2.45, 2.75) is 19.4 Å². The van der Waals surface area contributed by atoms with Gasteiger partial charge in [-0.05, 0) is 59.4 Å². The number of pyridine rings is 1. The molecular weight excluding hydrogens is 467 g/mol. The first-order valence-corrected chi connectivity index (χ1v) is 11.5. The van der Waals surface area contributed by atoms with E-state index in [2.05, 4.69) is 20.0 Å². The Morgan fingerprint density at radius 1 is 1.06 bits per heavy atom. The Balaban J connectivity index is 1.57. The standard InChI is InChI=1S/C25H23FN6O2S/c1-14-9-23(35-32-14)31-20-12-21(19(26)11-18(20)24(27)33)30-22(25(28)34)10-15-4-6-16(7-5-15)17-3-2-8-29-13-17/h2-9,11-13,22,30-31H,10H2,1H3,(H2,27,33)(H2,28,34)/t22-/m1/s1. The molecule has 0 fully saturated rings. The molecule has 2 aromatic heterocycles. The number of nitrogens with two attached hydrogens (primary N) is 2. The highest BCUT2D eigenvalue weighted by Crippen LogP contribution is 2.30. The van der Waals surface area contributed by atoms with Crippen molar-refractivity contribution < 1.29 is 14.0 Å². The maximum absolute atomic E-state index is 14.9. The van der Waals surface area contributed by atoms with Crippen LogP contribution in [0, 0.1) is 12.7 Å². The third-order valence-corrected chi connectivity index (χ3v) is 6.12. The summed E-state index contributed by atoms with van der Waals surface area (Å²) >= 11 is 1.19. The predicted octanol–water partition coefficient (Wildman–Crippen LogP) is 4.00. The van der Waals surface area contributed by atoms with Crippen LogP contribution in [0.25, 0.3) is 11.1 Å². The van der Waals surface area contributed by atoms with E-state index < -0.39 is 23.7 Å². The lowest BCUT2D eigenvalue weighted by atomic mass is 10.0. The van der Waals surface area contributed by atoms with Crippen molar-refractivity contribution in [2.75, 3.05) is 10.6 Å². The van der Waals surface area contributed by atoms with Crippen molar-refractivity contribution in [1.29, 1.82) is 0 Å². The van der Waals surface area contributed by atoms with E-state index in [0.29, 0.717) is 5.00 Å². The van der Waals surface area contributed by atoms with E-state index >= 15 is 0 Å². The predicted molar refractivity (Wildman–Crippen MR) is 135 cm³/mol. The second-order valence-electron chi connectivity index (χ2n) is 7.94. The summed E-state index contributed by atoms with van der Waals surface area (Å²) in [6, 6.07) is 14.7. The van der Waals surface area contributed by atoms with Crippen LogP contribution in [-0.2, 0) is 11.2 Å². The third kappa shape index (κ3) is 5.79. The summed E-state index contributed by atoms with van der Waals surface area (Å²) in [6.45, 7) is 1.83. The molecule has 0 unspecified atom stereocenters. The van der Waals surface area contributed by atoms with Gasteiger partial charge in [-0.15, -0.1) is 0 Å². The number of nitrogens with zero attached hydrogens (tertiary/aromatic N) is 2. The fourth-order valence-electron chi connectivity index (χ4n) is 3.56. The molecule has 0 saturated heterocycles. The van der Waals surface area contributed by atoms with Crippen molar-refractivity contribution in [1.82, 2.24) is 9.36 Å². The molecular formula is C25H23FN6O2S. The zero-order chi connectivity index (χ0) is 24.9. The molecule has 1 atom stereocenters. The molecule has 0 aliphatic rings. The van der Waals surface area contributed by atoms with Gasteiger partial charge in [-0.2, -0.15) is 4.37 Å². The quantitative estimate of drug-likeness (QED) is 0.280. The van der Waals surface area contributed by atoms with Crippen LogP contribution in [0.3, 0.4) is 0 Å². The summed E-state index contributed by atoms with van der Waals surface area (Å²) in [7, 11) is 0. The fourth-order valence-corrected chi connectivity index (χ4v) is 4.23. The van der Waals surface area contributed by atoms with Crippen LogP contribution in [0.15, 0.2) is 67.0 Å². The molecule has 178 valence electrons. The number of nitrogens with one attached hydrogen (secondary N) is 2. The van der Waals surface area contributed by atoms with E-state index in [1.165, 1.54) is 17.6 Å². The second kappa shape index (κ2) is 10.3. The number of primary amides is 2. The van der Waals surface area contributed by atoms with Gasteiger partial charge in [0, 0.05) is 18.8 Å². The first kappa shape index (κ1) is 23.8. The molecule has 0 radical (unpaired) electrons. The van der Waals surface area contributed by atoms with E-state index in [1.807, 2.05) is 43.3 Å². The van der Waals surface area contributed by atoms with Gasteiger partial charge in [-0.3, -0.25) is 14.6 Å². The monoisotopic (exact) mass is 490 g/mol. The van der Waals surface area contributed by atoms with Crippen LogP contribution >= 0.6 is 11.5 Å². The molecule has 2 heterocycles. The number of benzene rings is 2. The van der Waals surface area contributed by atoms with Gasteiger partial charge < -0.3 is 22.1 Å². The Labute approximate surface area is 205 Å². The number of anilines is 3. The average molecular weight is 491 g/mol. The number of carbonyl (C=O) groups is 2. The van der Waals surface area contributed by atoms with Gasteiger partial charge in [-0.25, -0.2) is 4.39 Å². The highest BCUT2D eigenvalue weighted by molar-refractivity contribution is 7.10. The molecule has 2 amide bonds. The highest BCUT2D eigenvalue weighted by atomic mass is 32.1. The molecule has 0 aliphatic carbocycles. The molecule has 35 heavy (non-hydrogen) atoms. The minimum atomic E-state index is -0.897. The van der Waals surface area contributed by atoms with Crippen molar-refractivity contribution in [3.63, 3.8) is 0 Å². The van der Waals surface area contributed by atoms with E-state index in [0.717, 1.165) is 28.5 Å². The summed E-state index contributed by atoms with van der Waals surface area (Å²) in [6.07, 6.45) is 3.70. The number of aryl methyl sites for hydroxylation is 1. The fraction of sp³-hybridized carbons (Fsp3) is 0.120. The summed E-state index contributed by atoms with van der Waals surface area (Å²) in [4.78, 5) is 28.2. The van der Waals surface area contributed by atoms with E-state index in [9.17, 15) is 14.0 Å². The summed E-state index contributed by atoms with van der Waals surface area (Å²) in [5, 5.41) is 6.57. The number of halogens is 1. The van der Waals surface area contributed by atoms with Gasteiger partial charge in [0.1, 0.15) is 16.9 Å². The Morgan fingerprint density at radius 2 is 1.83 bits per heavy atom. The molecule has 10 heteroatoms. The number of rotatable bonds is 9. The molecule has 6 N–H and O–H groups in total. The van der Waals surface area contributed by atoms with Crippen LogP contribution in [0.4, 0.5) is 20.8 Å². The Bertz CT molecular complexity index is 1360. The number of aromatic nitrogens is 2. The largest absolute Gasteiger partial charge is 0.371 e. The Hall–Kier alpha value is -4.31. The van der Waals surface area contributed by atoms with Crippen molar-refractivity contribution in [3.8, 4) is 11.1 Å². The maximum atomic E-state index is 14.9.